The molecule has 0 saturated heterocycles. The number of carbonyl (C=O) groups is 1. The highest BCUT2D eigenvalue weighted by atomic mass is 35.5. The van der Waals surface area contributed by atoms with Gasteiger partial charge in [-0.05, 0) is 19.1 Å². The summed E-state index contributed by atoms with van der Waals surface area (Å²) < 4.78 is 1.05. The number of alkyl halides is 1. The minimum Gasteiger partial charge on any atom is -0.301 e. The van der Waals surface area contributed by atoms with E-state index in [2.05, 4.69) is 10.3 Å². The molecule has 0 radical (unpaired) electrons. The van der Waals surface area contributed by atoms with Crippen LogP contribution in [0.5, 0.6) is 0 Å². The molecule has 1 heterocycles. The fraction of sp³-hybridized carbons (Fsp3) is 0.200. The number of halogens is 1. The Morgan fingerprint density at radius 3 is 2.93 bits per heavy atom. The fourth-order valence-corrected chi connectivity index (χ4v) is 2.05. The molecule has 15 heavy (non-hydrogen) atoms. The molecule has 5 heteroatoms. The van der Waals surface area contributed by atoms with Crippen molar-refractivity contribution in [3.05, 3.63) is 24.3 Å². The number of carbonyl (C=O) groups excluding carboxylic acids is 1. The predicted octanol–water partition coefficient (Wildman–Crippen LogP) is 2.86. The topological polar surface area (TPSA) is 42.0 Å². The number of anilines is 1. The second-order valence-corrected chi connectivity index (χ2v) is 4.78. The molecule has 0 saturated carbocycles. The van der Waals surface area contributed by atoms with Gasteiger partial charge < -0.3 is 5.32 Å². The number of benzene rings is 1. The van der Waals surface area contributed by atoms with Gasteiger partial charge in [-0.1, -0.05) is 23.5 Å². The molecule has 0 aliphatic heterocycles. The van der Waals surface area contributed by atoms with Crippen molar-refractivity contribution >= 4 is 44.2 Å². The Balaban J connectivity index is 2.26. The summed E-state index contributed by atoms with van der Waals surface area (Å²) in [6, 6.07) is 7.73. The van der Waals surface area contributed by atoms with Crippen molar-refractivity contribution in [2.45, 2.75) is 12.3 Å². The average molecular weight is 241 g/mol. The number of aromatic nitrogens is 1. The molecule has 1 aromatic carbocycles. The molecule has 0 bridgehead atoms. The Kier molecular flexibility index (Phi) is 2.88. The lowest BCUT2D eigenvalue weighted by Gasteiger charge is -2.01. The summed E-state index contributed by atoms with van der Waals surface area (Å²) in [5.74, 6) is -0.226. The quantitative estimate of drug-likeness (QED) is 0.821. The van der Waals surface area contributed by atoms with Crippen LogP contribution >= 0.6 is 22.9 Å². The minimum absolute atomic E-state index is 0.226. The van der Waals surface area contributed by atoms with Crippen molar-refractivity contribution in [3.63, 3.8) is 0 Å². The van der Waals surface area contributed by atoms with E-state index in [0.29, 0.717) is 5.13 Å². The van der Waals surface area contributed by atoms with Crippen LogP contribution in [-0.4, -0.2) is 16.3 Å². The molecule has 1 amide bonds. The number of para-hydroxylation sites is 1. The number of fused-ring (bicyclic) bond motifs is 1. The molecule has 1 unspecified atom stereocenters. The monoisotopic (exact) mass is 240 g/mol. The van der Waals surface area contributed by atoms with Crippen LogP contribution in [0, 0.1) is 0 Å². The van der Waals surface area contributed by atoms with Crippen LogP contribution in [0.15, 0.2) is 24.3 Å². The maximum Gasteiger partial charge on any atom is 0.243 e. The van der Waals surface area contributed by atoms with Gasteiger partial charge in [0.25, 0.3) is 0 Å². The van der Waals surface area contributed by atoms with Gasteiger partial charge in [-0.15, -0.1) is 11.6 Å². The summed E-state index contributed by atoms with van der Waals surface area (Å²) in [5.41, 5.74) is 0.889. The second-order valence-electron chi connectivity index (χ2n) is 3.09. The molecule has 1 aromatic heterocycles. The Labute approximate surface area is 96.1 Å². The Morgan fingerprint density at radius 2 is 2.27 bits per heavy atom. The molecule has 1 atom stereocenters. The lowest BCUT2D eigenvalue weighted by Crippen LogP contribution is -2.19. The lowest BCUT2D eigenvalue weighted by molar-refractivity contribution is -0.115. The number of hydrogen-bond acceptors (Lipinski definition) is 3. The molecule has 3 nitrogen and oxygen atoms in total. The highest BCUT2D eigenvalue weighted by Gasteiger charge is 2.11. The van der Waals surface area contributed by atoms with Crippen LogP contribution in [-0.2, 0) is 4.79 Å². The third-order valence-corrected chi connectivity index (χ3v) is 3.04. The Bertz CT molecular complexity index is 462. The molecule has 2 rings (SSSR count). The first-order chi connectivity index (χ1) is 7.16. The molecule has 2 aromatic rings. The Morgan fingerprint density at radius 1 is 1.53 bits per heavy atom. The lowest BCUT2D eigenvalue weighted by atomic mass is 10.3. The highest BCUT2D eigenvalue weighted by molar-refractivity contribution is 7.22. The summed E-state index contributed by atoms with van der Waals surface area (Å²) in [6.45, 7) is 1.63. The van der Waals surface area contributed by atoms with Gasteiger partial charge in [0.2, 0.25) is 5.91 Å². The summed E-state index contributed by atoms with van der Waals surface area (Å²) in [4.78, 5) is 15.6. The molecule has 78 valence electrons. The maximum absolute atomic E-state index is 11.3. The van der Waals surface area contributed by atoms with Crippen molar-refractivity contribution in [2.24, 2.45) is 0 Å². The van der Waals surface area contributed by atoms with Gasteiger partial charge in [0.05, 0.1) is 10.2 Å². The zero-order valence-corrected chi connectivity index (χ0v) is 9.60. The smallest absolute Gasteiger partial charge is 0.243 e. The first-order valence-electron chi connectivity index (χ1n) is 4.47. The van der Waals surface area contributed by atoms with Gasteiger partial charge >= 0.3 is 0 Å². The molecular weight excluding hydrogens is 232 g/mol. The molecule has 0 aliphatic rings. The van der Waals surface area contributed by atoms with Crippen LogP contribution in [0.2, 0.25) is 0 Å². The summed E-state index contributed by atoms with van der Waals surface area (Å²) in [5, 5.41) is 2.71. The van der Waals surface area contributed by atoms with Gasteiger partial charge in [0.1, 0.15) is 5.38 Å². The van der Waals surface area contributed by atoms with Crippen molar-refractivity contribution in [1.29, 1.82) is 0 Å². The number of rotatable bonds is 2. The van der Waals surface area contributed by atoms with E-state index >= 15 is 0 Å². The maximum atomic E-state index is 11.3. The predicted molar refractivity (Wildman–Crippen MR) is 63.6 cm³/mol. The van der Waals surface area contributed by atoms with Crippen molar-refractivity contribution in [1.82, 2.24) is 4.98 Å². The van der Waals surface area contributed by atoms with Crippen molar-refractivity contribution < 1.29 is 4.79 Å². The molecule has 0 aliphatic carbocycles. The minimum atomic E-state index is -0.544. The second kappa shape index (κ2) is 4.16. The van der Waals surface area contributed by atoms with E-state index in [-0.39, 0.29) is 5.91 Å². The van der Waals surface area contributed by atoms with Crippen LogP contribution < -0.4 is 5.32 Å². The average Bonchev–Trinajstić information content (AvgIpc) is 2.59. The number of thiazole rings is 1. The molecule has 0 spiro atoms. The van der Waals surface area contributed by atoms with Gasteiger partial charge in [-0.25, -0.2) is 4.98 Å². The van der Waals surface area contributed by atoms with E-state index in [0.717, 1.165) is 10.2 Å². The number of nitrogens with one attached hydrogen (secondary N) is 1. The third kappa shape index (κ3) is 2.27. The number of amides is 1. The molecular formula is C10H9ClN2OS. The van der Waals surface area contributed by atoms with E-state index in [1.807, 2.05) is 24.3 Å². The molecule has 1 N–H and O–H groups in total. The summed E-state index contributed by atoms with van der Waals surface area (Å²) in [7, 11) is 0. The Hall–Kier alpha value is -1.13. The largest absolute Gasteiger partial charge is 0.301 e. The third-order valence-electron chi connectivity index (χ3n) is 1.89. The summed E-state index contributed by atoms with van der Waals surface area (Å²) in [6.07, 6.45) is 0. The van der Waals surface area contributed by atoms with E-state index in [4.69, 9.17) is 11.6 Å². The highest BCUT2D eigenvalue weighted by Crippen LogP contribution is 2.25. The SMILES string of the molecule is CC(Cl)C(=O)Nc1nc2ccccc2s1. The first kappa shape index (κ1) is 10.4. The van der Waals surface area contributed by atoms with Crippen LogP contribution in [0.1, 0.15) is 6.92 Å². The van der Waals surface area contributed by atoms with Gasteiger partial charge in [-0.2, -0.15) is 0 Å². The number of nitrogens with zero attached hydrogens (tertiary/aromatic N) is 1. The van der Waals surface area contributed by atoms with Crippen LogP contribution in [0.4, 0.5) is 5.13 Å². The van der Waals surface area contributed by atoms with E-state index in [9.17, 15) is 4.79 Å². The van der Waals surface area contributed by atoms with E-state index in [1.165, 1.54) is 11.3 Å². The van der Waals surface area contributed by atoms with Gasteiger partial charge in [0, 0.05) is 0 Å². The van der Waals surface area contributed by atoms with Crippen LogP contribution in [0.25, 0.3) is 10.2 Å². The van der Waals surface area contributed by atoms with Gasteiger partial charge in [-0.3, -0.25) is 4.79 Å². The fourth-order valence-electron chi connectivity index (χ4n) is 1.13. The van der Waals surface area contributed by atoms with Crippen molar-refractivity contribution in [2.75, 3.05) is 5.32 Å². The van der Waals surface area contributed by atoms with Gasteiger partial charge in [0.15, 0.2) is 5.13 Å². The van der Waals surface area contributed by atoms with E-state index in [1.54, 1.807) is 6.92 Å². The standard InChI is InChI=1S/C10H9ClN2OS/c1-6(11)9(14)13-10-12-7-4-2-3-5-8(7)15-10/h2-6H,1H3,(H,12,13,14). The zero-order chi connectivity index (χ0) is 10.8. The van der Waals surface area contributed by atoms with Crippen LogP contribution in [0.3, 0.4) is 0 Å². The van der Waals surface area contributed by atoms with Crippen molar-refractivity contribution in [3.8, 4) is 0 Å². The normalized spacial score (nSPS) is 12.7. The summed E-state index contributed by atoms with van der Waals surface area (Å²) >= 11 is 7.08. The molecule has 0 fully saturated rings. The first-order valence-corrected chi connectivity index (χ1v) is 5.72. The zero-order valence-electron chi connectivity index (χ0n) is 8.03. The number of hydrogen-bond donors (Lipinski definition) is 1. The van der Waals surface area contributed by atoms with E-state index < -0.39 is 5.38 Å².